The van der Waals surface area contributed by atoms with E-state index >= 15 is 0 Å². The predicted octanol–water partition coefficient (Wildman–Crippen LogP) is 0.773. The summed E-state index contributed by atoms with van der Waals surface area (Å²) in [5.41, 5.74) is 5.21. The molecule has 1 aromatic heterocycles. The lowest BCUT2D eigenvalue weighted by Crippen LogP contribution is -2.21. The summed E-state index contributed by atoms with van der Waals surface area (Å²) in [7, 11) is 0. The minimum absolute atomic E-state index is 0.0362. The highest BCUT2D eigenvalue weighted by atomic mass is 19.1. The van der Waals surface area contributed by atoms with Crippen LogP contribution in [-0.2, 0) is 13.0 Å². The van der Waals surface area contributed by atoms with Crippen molar-refractivity contribution < 1.29 is 4.39 Å². The quantitative estimate of drug-likeness (QED) is 0.764. The molecule has 0 saturated heterocycles. The molecular formula is C9H17FN4. The largest absolute Gasteiger partial charge is 0.328 e. The zero-order valence-corrected chi connectivity index (χ0v) is 8.65. The normalized spacial score (nSPS) is 13.5. The van der Waals surface area contributed by atoms with Gasteiger partial charge in [-0.05, 0) is 5.92 Å². The van der Waals surface area contributed by atoms with Crippen LogP contribution in [0, 0.1) is 5.92 Å². The van der Waals surface area contributed by atoms with Gasteiger partial charge in [-0.15, -0.1) is 0 Å². The number of hydrogen-bond acceptors (Lipinski definition) is 3. The second-order valence-corrected chi connectivity index (χ2v) is 3.79. The average molecular weight is 200 g/mol. The molecular weight excluding hydrogens is 183 g/mol. The van der Waals surface area contributed by atoms with Gasteiger partial charge in [-0.2, -0.15) is 5.10 Å². The molecule has 0 radical (unpaired) electrons. The molecule has 0 aliphatic heterocycles. The predicted molar refractivity (Wildman–Crippen MR) is 52.5 cm³/mol. The minimum atomic E-state index is -1.02. The van der Waals surface area contributed by atoms with E-state index in [1.54, 1.807) is 4.68 Å². The Kier molecular flexibility index (Phi) is 4.00. The Bertz CT molecular complexity index is 272. The molecule has 2 N–H and O–H groups in total. The van der Waals surface area contributed by atoms with Gasteiger partial charge < -0.3 is 5.73 Å². The molecule has 1 atom stereocenters. The van der Waals surface area contributed by atoms with Gasteiger partial charge >= 0.3 is 0 Å². The first-order valence-corrected chi connectivity index (χ1v) is 4.84. The second kappa shape index (κ2) is 5.05. The number of nitrogens with zero attached hydrogens (tertiary/aromatic N) is 3. The first kappa shape index (κ1) is 11.1. The highest BCUT2D eigenvalue weighted by Gasteiger charge is 2.11. The molecule has 80 valence electrons. The van der Waals surface area contributed by atoms with Gasteiger partial charge in [0.05, 0.1) is 0 Å². The van der Waals surface area contributed by atoms with E-state index in [9.17, 15) is 4.39 Å². The van der Waals surface area contributed by atoms with Crippen molar-refractivity contribution in [2.45, 2.75) is 33.0 Å². The van der Waals surface area contributed by atoms with Crippen LogP contribution in [0.2, 0.25) is 0 Å². The maximum atomic E-state index is 13.0. The fourth-order valence-corrected chi connectivity index (χ4v) is 1.23. The molecule has 1 unspecified atom stereocenters. The summed E-state index contributed by atoms with van der Waals surface area (Å²) in [6, 6.07) is 0. The topological polar surface area (TPSA) is 56.7 Å². The van der Waals surface area contributed by atoms with Crippen molar-refractivity contribution in [3.63, 3.8) is 0 Å². The van der Waals surface area contributed by atoms with Gasteiger partial charge in [0, 0.05) is 19.5 Å². The third-order valence-electron chi connectivity index (χ3n) is 1.89. The van der Waals surface area contributed by atoms with Crippen molar-refractivity contribution in [2.24, 2.45) is 11.7 Å². The zero-order valence-electron chi connectivity index (χ0n) is 8.65. The van der Waals surface area contributed by atoms with E-state index in [1.807, 2.05) is 0 Å². The van der Waals surface area contributed by atoms with Crippen molar-refractivity contribution >= 4 is 0 Å². The van der Waals surface area contributed by atoms with Gasteiger partial charge in [-0.1, -0.05) is 13.8 Å². The lowest BCUT2D eigenvalue weighted by Gasteiger charge is -2.09. The summed E-state index contributed by atoms with van der Waals surface area (Å²) in [4.78, 5) is 4.01. The van der Waals surface area contributed by atoms with E-state index < -0.39 is 6.17 Å². The van der Waals surface area contributed by atoms with Gasteiger partial charge in [0.15, 0.2) is 0 Å². The molecule has 0 fully saturated rings. The Balaban J connectivity index is 2.62. The van der Waals surface area contributed by atoms with Gasteiger partial charge in [-0.25, -0.2) is 14.1 Å². The van der Waals surface area contributed by atoms with Crippen molar-refractivity contribution in [3.05, 3.63) is 12.2 Å². The molecule has 5 heteroatoms. The lowest BCUT2D eigenvalue weighted by molar-refractivity contribution is 0.326. The summed E-state index contributed by atoms with van der Waals surface area (Å²) in [5.74, 6) is 1.16. The molecule has 1 rings (SSSR count). The monoisotopic (exact) mass is 200 g/mol. The smallest absolute Gasteiger partial charge is 0.138 e. The molecule has 0 aliphatic rings. The Morgan fingerprint density at radius 3 is 2.86 bits per heavy atom. The molecule has 1 aromatic rings. The summed E-state index contributed by atoms with van der Waals surface area (Å²) < 4.78 is 14.7. The van der Waals surface area contributed by atoms with Crippen LogP contribution in [0.4, 0.5) is 4.39 Å². The molecule has 14 heavy (non-hydrogen) atoms. The van der Waals surface area contributed by atoms with Crippen LogP contribution in [0.15, 0.2) is 6.33 Å². The molecule has 0 bridgehead atoms. The molecule has 0 aromatic carbocycles. The Morgan fingerprint density at radius 2 is 2.29 bits per heavy atom. The molecule has 0 amide bonds. The van der Waals surface area contributed by atoms with E-state index in [4.69, 9.17) is 5.73 Å². The molecule has 0 saturated carbocycles. The third-order valence-corrected chi connectivity index (χ3v) is 1.89. The van der Waals surface area contributed by atoms with E-state index in [0.717, 1.165) is 6.54 Å². The SMILES string of the molecule is CC(C)Cn1ncnc1CC(F)CN. The summed E-state index contributed by atoms with van der Waals surface area (Å²) in [6.45, 7) is 4.98. The number of aromatic nitrogens is 3. The Hall–Kier alpha value is -0.970. The van der Waals surface area contributed by atoms with Gasteiger partial charge in [0.2, 0.25) is 0 Å². The van der Waals surface area contributed by atoms with Gasteiger partial charge in [0.25, 0.3) is 0 Å². The van der Waals surface area contributed by atoms with Crippen LogP contribution < -0.4 is 5.73 Å². The van der Waals surface area contributed by atoms with Crippen molar-refractivity contribution in [1.29, 1.82) is 0 Å². The van der Waals surface area contributed by atoms with Crippen LogP contribution >= 0.6 is 0 Å². The first-order chi connectivity index (χ1) is 6.63. The highest BCUT2D eigenvalue weighted by Crippen LogP contribution is 2.05. The number of halogens is 1. The average Bonchev–Trinajstić information content (AvgIpc) is 2.52. The molecule has 0 aliphatic carbocycles. The zero-order chi connectivity index (χ0) is 10.6. The van der Waals surface area contributed by atoms with Crippen LogP contribution in [0.5, 0.6) is 0 Å². The van der Waals surface area contributed by atoms with Crippen LogP contribution in [0.1, 0.15) is 19.7 Å². The van der Waals surface area contributed by atoms with Crippen molar-refractivity contribution in [1.82, 2.24) is 14.8 Å². The summed E-state index contributed by atoms with van der Waals surface area (Å²) in [6.07, 6.45) is 0.689. The summed E-state index contributed by atoms with van der Waals surface area (Å²) in [5, 5.41) is 4.04. The molecule has 0 spiro atoms. The number of rotatable bonds is 5. The minimum Gasteiger partial charge on any atom is -0.328 e. The van der Waals surface area contributed by atoms with E-state index in [1.165, 1.54) is 6.33 Å². The highest BCUT2D eigenvalue weighted by molar-refractivity contribution is 4.88. The Morgan fingerprint density at radius 1 is 1.57 bits per heavy atom. The second-order valence-electron chi connectivity index (χ2n) is 3.79. The van der Waals surface area contributed by atoms with Crippen LogP contribution in [0.3, 0.4) is 0 Å². The molecule has 1 heterocycles. The fourth-order valence-electron chi connectivity index (χ4n) is 1.23. The van der Waals surface area contributed by atoms with Crippen LogP contribution in [-0.4, -0.2) is 27.5 Å². The van der Waals surface area contributed by atoms with Crippen molar-refractivity contribution in [2.75, 3.05) is 6.54 Å². The van der Waals surface area contributed by atoms with Gasteiger partial charge in [-0.3, -0.25) is 0 Å². The molecule has 4 nitrogen and oxygen atoms in total. The Labute approximate surface area is 83.3 Å². The van der Waals surface area contributed by atoms with E-state index in [2.05, 4.69) is 23.9 Å². The third kappa shape index (κ3) is 3.06. The van der Waals surface area contributed by atoms with E-state index in [-0.39, 0.29) is 13.0 Å². The maximum absolute atomic E-state index is 13.0. The number of nitrogens with two attached hydrogens (primary N) is 1. The number of alkyl halides is 1. The lowest BCUT2D eigenvalue weighted by atomic mass is 10.2. The standard InChI is InChI=1S/C9H17FN4/c1-7(2)5-14-9(12-6-13-14)3-8(10)4-11/h6-8H,3-5,11H2,1-2H3. The van der Waals surface area contributed by atoms with Gasteiger partial charge in [0.1, 0.15) is 18.3 Å². The fraction of sp³-hybridized carbons (Fsp3) is 0.778. The van der Waals surface area contributed by atoms with Crippen LogP contribution in [0.25, 0.3) is 0 Å². The maximum Gasteiger partial charge on any atom is 0.138 e. The van der Waals surface area contributed by atoms with E-state index in [0.29, 0.717) is 11.7 Å². The number of hydrogen-bond donors (Lipinski definition) is 1. The summed E-state index contributed by atoms with van der Waals surface area (Å²) >= 11 is 0. The first-order valence-electron chi connectivity index (χ1n) is 4.84. The van der Waals surface area contributed by atoms with Crippen molar-refractivity contribution in [3.8, 4) is 0 Å².